The molecule has 1 fully saturated rings. The minimum atomic E-state index is -0.887. The molecule has 1 rings (SSSR count). The number of hydrogen-bond donors (Lipinski definition) is 3. The standard InChI is InChI=1S/C23H42N2O4/c1-16(2)10-9-13-18(21(24)27)15-20(26)19(14-17-11-7-6-8-12-17)25-22(28)29-23(3,4)5/h13,16-17,19-20,26H,6-12,14-15H2,1-5H3,(H2,24,27)(H,25,28)/b18-13-. The van der Waals surface area contributed by atoms with Gasteiger partial charge >= 0.3 is 6.09 Å². The smallest absolute Gasteiger partial charge is 0.407 e. The molecule has 0 saturated heterocycles. The van der Waals surface area contributed by atoms with Crippen LogP contribution in [-0.2, 0) is 9.53 Å². The number of nitrogens with one attached hydrogen (secondary N) is 1. The number of carbonyl (C=O) groups excluding carboxylic acids is 2. The molecule has 0 aliphatic heterocycles. The lowest BCUT2D eigenvalue weighted by Crippen LogP contribution is -2.47. The fourth-order valence-electron chi connectivity index (χ4n) is 3.80. The molecule has 0 aromatic rings. The molecule has 2 amide bonds. The molecule has 4 N–H and O–H groups in total. The van der Waals surface area contributed by atoms with Crippen LogP contribution >= 0.6 is 0 Å². The Morgan fingerprint density at radius 1 is 1.21 bits per heavy atom. The predicted molar refractivity (Wildman–Crippen MR) is 116 cm³/mol. The van der Waals surface area contributed by atoms with Crippen molar-refractivity contribution in [3.8, 4) is 0 Å². The Morgan fingerprint density at radius 2 is 1.83 bits per heavy atom. The molecule has 2 atom stereocenters. The molecule has 0 spiro atoms. The molecule has 0 aromatic carbocycles. The Kier molecular flexibility index (Phi) is 10.7. The first-order valence-corrected chi connectivity index (χ1v) is 11.1. The number of aliphatic hydroxyl groups excluding tert-OH is 1. The van der Waals surface area contributed by atoms with E-state index in [-0.39, 0.29) is 6.42 Å². The van der Waals surface area contributed by atoms with Crippen molar-refractivity contribution >= 4 is 12.0 Å². The van der Waals surface area contributed by atoms with Crippen LogP contribution in [-0.4, -0.2) is 34.9 Å². The van der Waals surface area contributed by atoms with E-state index in [1.165, 1.54) is 19.3 Å². The van der Waals surface area contributed by atoms with Gasteiger partial charge in [0.05, 0.1) is 12.1 Å². The molecule has 6 nitrogen and oxygen atoms in total. The summed E-state index contributed by atoms with van der Waals surface area (Å²) in [6.07, 6.45) is 8.73. The normalized spacial score (nSPS) is 18.4. The molecule has 6 heteroatoms. The average molecular weight is 411 g/mol. The number of alkyl carbamates (subject to hydrolysis) is 1. The lowest BCUT2D eigenvalue weighted by molar-refractivity contribution is -0.115. The first kappa shape index (κ1) is 25.5. The Morgan fingerprint density at radius 3 is 2.34 bits per heavy atom. The highest BCUT2D eigenvalue weighted by atomic mass is 16.6. The van der Waals surface area contributed by atoms with Crippen LogP contribution in [0.2, 0.25) is 0 Å². The average Bonchev–Trinajstić information content (AvgIpc) is 2.59. The van der Waals surface area contributed by atoms with E-state index in [1.807, 2.05) is 26.8 Å². The molecule has 0 aromatic heterocycles. The summed E-state index contributed by atoms with van der Waals surface area (Å²) in [7, 11) is 0. The maximum Gasteiger partial charge on any atom is 0.407 e. The van der Waals surface area contributed by atoms with Crippen LogP contribution in [0.25, 0.3) is 0 Å². The highest BCUT2D eigenvalue weighted by Gasteiger charge is 2.29. The third kappa shape index (κ3) is 11.3. The van der Waals surface area contributed by atoms with E-state index in [0.29, 0.717) is 23.8 Å². The van der Waals surface area contributed by atoms with Crippen LogP contribution in [0.4, 0.5) is 4.79 Å². The summed E-state index contributed by atoms with van der Waals surface area (Å²) >= 11 is 0. The van der Waals surface area contributed by atoms with E-state index in [1.54, 1.807) is 0 Å². The van der Waals surface area contributed by atoms with Gasteiger partial charge in [-0.3, -0.25) is 4.79 Å². The van der Waals surface area contributed by atoms with Crippen LogP contribution in [0.1, 0.15) is 92.4 Å². The predicted octanol–water partition coefficient (Wildman–Crippen LogP) is 4.45. The van der Waals surface area contributed by atoms with Crippen molar-refractivity contribution in [2.24, 2.45) is 17.6 Å². The zero-order valence-electron chi connectivity index (χ0n) is 19.0. The summed E-state index contributed by atoms with van der Waals surface area (Å²) in [4.78, 5) is 24.2. The Hall–Kier alpha value is -1.56. The van der Waals surface area contributed by atoms with E-state index >= 15 is 0 Å². The number of carbonyl (C=O) groups is 2. The molecule has 1 aliphatic rings. The number of rotatable bonds is 10. The highest BCUT2D eigenvalue weighted by molar-refractivity contribution is 5.91. The van der Waals surface area contributed by atoms with Gasteiger partial charge in [0.25, 0.3) is 0 Å². The lowest BCUT2D eigenvalue weighted by atomic mass is 9.83. The van der Waals surface area contributed by atoms with Gasteiger partial charge in [0.15, 0.2) is 0 Å². The number of amides is 2. The van der Waals surface area contributed by atoms with Gasteiger partial charge in [-0.15, -0.1) is 0 Å². The van der Waals surface area contributed by atoms with Gasteiger partial charge in [-0.05, 0) is 51.9 Å². The van der Waals surface area contributed by atoms with Gasteiger partial charge in [0.2, 0.25) is 5.91 Å². The summed E-state index contributed by atoms with van der Waals surface area (Å²) in [5.74, 6) is 0.472. The van der Waals surface area contributed by atoms with Crippen molar-refractivity contribution in [1.82, 2.24) is 5.32 Å². The molecule has 0 heterocycles. The number of ether oxygens (including phenoxy) is 1. The van der Waals surface area contributed by atoms with Crippen molar-refractivity contribution in [2.75, 3.05) is 0 Å². The van der Waals surface area contributed by atoms with Crippen molar-refractivity contribution in [1.29, 1.82) is 0 Å². The topological polar surface area (TPSA) is 102 Å². The van der Waals surface area contributed by atoms with Crippen molar-refractivity contribution in [2.45, 2.75) is 110 Å². The number of hydrogen-bond acceptors (Lipinski definition) is 4. The van der Waals surface area contributed by atoms with E-state index < -0.39 is 29.7 Å². The largest absolute Gasteiger partial charge is 0.444 e. The number of primary amides is 1. The highest BCUT2D eigenvalue weighted by Crippen LogP contribution is 2.29. The molecule has 29 heavy (non-hydrogen) atoms. The second-order valence-electron chi connectivity index (χ2n) is 9.83. The number of allylic oxidation sites excluding steroid dienone is 1. The molecule has 0 bridgehead atoms. The van der Waals surface area contributed by atoms with Crippen LogP contribution < -0.4 is 11.1 Å². The summed E-state index contributed by atoms with van der Waals surface area (Å²) in [5, 5.41) is 13.7. The number of aliphatic hydroxyl groups is 1. The summed E-state index contributed by atoms with van der Waals surface area (Å²) in [6.45, 7) is 9.67. The minimum Gasteiger partial charge on any atom is -0.444 e. The lowest BCUT2D eigenvalue weighted by Gasteiger charge is -2.31. The quantitative estimate of drug-likeness (QED) is 0.463. The minimum absolute atomic E-state index is 0.139. The van der Waals surface area contributed by atoms with E-state index in [0.717, 1.165) is 25.7 Å². The van der Waals surface area contributed by atoms with Crippen LogP contribution in [0, 0.1) is 11.8 Å². The second-order valence-corrected chi connectivity index (χ2v) is 9.83. The molecule has 1 aliphatic carbocycles. The maximum atomic E-state index is 12.3. The maximum absolute atomic E-state index is 12.3. The van der Waals surface area contributed by atoms with Crippen LogP contribution in [0.15, 0.2) is 11.6 Å². The van der Waals surface area contributed by atoms with Gasteiger partial charge in [0, 0.05) is 12.0 Å². The third-order valence-electron chi connectivity index (χ3n) is 5.36. The molecule has 2 unspecified atom stereocenters. The molecule has 1 saturated carbocycles. The van der Waals surface area contributed by atoms with E-state index in [9.17, 15) is 14.7 Å². The SMILES string of the molecule is CC(C)CC/C=C(/CC(O)C(CC1CCCCC1)NC(=O)OC(C)(C)C)C(N)=O. The van der Waals surface area contributed by atoms with Crippen molar-refractivity contribution in [3.63, 3.8) is 0 Å². The Balaban J connectivity index is 2.84. The first-order chi connectivity index (χ1) is 13.5. The summed E-state index contributed by atoms with van der Waals surface area (Å²) < 4.78 is 5.38. The van der Waals surface area contributed by atoms with Gasteiger partial charge < -0.3 is 20.9 Å². The van der Waals surface area contributed by atoms with Crippen LogP contribution in [0.5, 0.6) is 0 Å². The fraction of sp³-hybridized carbons (Fsp3) is 0.826. The number of nitrogens with two attached hydrogens (primary N) is 1. The van der Waals surface area contributed by atoms with Crippen molar-refractivity contribution < 1.29 is 19.4 Å². The molecular formula is C23H42N2O4. The molecule has 0 radical (unpaired) electrons. The van der Waals surface area contributed by atoms with Gasteiger partial charge in [-0.25, -0.2) is 4.79 Å². The summed E-state index contributed by atoms with van der Waals surface area (Å²) in [5.41, 5.74) is 5.36. The second kappa shape index (κ2) is 12.2. The van der Waals surface area contributed by atoms with E-state index in [4.69, 9.17) is 10.5 Å². The zero-order valence-corrected chi connectivity index (χ0v) is 19.0. The third-order valence-corrected chi connectivity index (χ3v) is 5.36. The summed E-state index contributed by atoms with van der Waals surface area (Å²) in [6, 6.07) is -0.471. The van der Waals surface area contributed by atoms with Crippen molar-refractivity contribution in [3.05, 3.63) is 11.6 Å². The van der Waals surface area contributed by atoms with Gasteiger partial charge in [-0.2, -0.15) is 0 Å². The molecule has 168 valence electrons. The monoisotopic (exact) mass is 410 g/mol. The van der Waals surface area contributed by atoms with Gasteiger partial charge in [0.1, 0.15) is 5.60 Å². The Bertz CT molecular complexity index is 546. The first-order valence-electron chi connectivity index (χ1n) is 11.1. The van der Waals surface area contributed by atoms with Crippen LogP contribution in [0.3, 0.4) is 0 Å². The zero-order chi connectivity index (χ0) is 22.0. The van der Waals surface area contributed by atoms with E-state index in [2.05, 4.69) is 19.2 Å². The van der Waals surface area contributed by atoms with Gasteiger partial charge in [-0.1, -0.05) is 52.0 Å². The Labute approximate surface area is 176 Å². The fourth-order valence-corrected chi connectivity index (χ4v) is 3.80. The molecular weight excluding hydrogens is 368 g/mol.